The number of halogens is 1. The molecular formula is C37H37FN8. The third-order valence-electron chi connectivity index (χ3n) is 9.61. The fourth-order valence-corrected chi connectivity index (χ4v) is 6.85. The number of anilines is 1. The first-order chi connectivity index (χ1) is 22.6. The summed E-state index contributed by atoms with van der Waals surface area (Å²) in [6.07, 6.45) is 17.2. The van der Waals surface area contributed by atoms with Crippen molar-refractivity contribution in [2.45, 2.75) is 44.9 Å². The average molecular weight is 613 g/mol. The van der Waals surface area contributed by atoms with Gasteiger partial charge in [0, 0.05) is 51.8 Å². The van der Waals surface area contributed by atoms with E-state index in [0.29, 0.717) is 11.6 Å². The normalized spacial score (nSPS) is 15.5. The van der Waals surface area contributed by atoms with E-state index in [1.807, 2.05) is 31.0 Å². The molecule has 6 aromatic rings. The Labute approximate surface area is 267 Å². The number of hydrogen-bond donors (Lipinski definition) is 3. The van der Waals surface area contributed by atoms with Crippen molar-refractivity contribution in [1.82, 2.24) is 35.0 Å². The molecule has 0 amide bonds. The van der Waals surface area contributed by atoms with Gasteiger partial charge < -0.3 is 15.2 Å². The molecule has 8 nitrogen and oxygen atoms in total. The van der Waals surface area contributed by atoms with Crippen LogP contribution in [0.15, 0.2) is 79.7 Å². The second-order valence-corrected chi connectivity index (χ2v) is 12.8. The highest BCUT2D eigenvalue weighted by molar-refractivity contribution is 6.00. The van der Waals surface area contributed by atoms with E-state index in [4.69, 9.17) is 0 Å². The number of aromatic amines is 2. The van der Waals surface area contributed by atoms with Gasteiger partial charge in [0.15, 0.2) is 5.65 Å². The van der Waals surface area contributed by atoms with Crippen molar-refractivity contribution in [2.75, 3.05) is 25.0 Å². The summed E-state index contributed by atoms with van der Waals surface area (Å²) in [4.78, 5) is 19.7. The van der Waals surface area contributed by atoms with E-state index >= 15 is 0 Å². The molecule has 5 aromatic heterocycles. The maximum Gasteiger partial charge on any atom is 0.181 e. The van der Waals surface area contributed by atoms with Crippen LogP contribution < -0.4 is 5.32 Å². The van der Waals surface area contributed by atoms with Crippen LogP contribution in [0.4, 0.5) is 10.1 Å². The molecule has 0 spiro atoms. The van der Waals surface area contributed by atoms with Crippen molar-refractivity contribution in [1.29, 1.82) is 0 Å². The van der Waals surface area contributed by atoms with Gasteiger partial charge in [0.25, 0.3) is 0 Å². The number of likely N-dealkylation sites (tertiary alicyclic amines) is 1. The molecule has 0 unspecified atom stereocenters. The lowest BCUT2D eigenvalue weighted by molar-refractivity contribution is 0.334. The van der Waals surface area contributed by atoms with E-state index in [-0.39, 0.29) is 5.82 Å². The fourth-order valence-electron chi connectivity index (χ4n) is 6.85. The number of aromatic nitrogens is 6. The minimum atomic E-state index is -0.222. The first kappa shape index (κ1) is 28.6. The maximum absolute atomic E-state index is 14.9. The lowest BCUT2D eigenvalue weighted by atomic mass is 9.83. The van der Waals surface area contributed by atoms with Gasteiger partial charge in [-0.3, -0.25) is 15.1 Å². The fraction of sp³-hybridized carbons (Fsp3) is 0.297. The van der Waals surface area contributed by atoms with Crippen LogP contribution in [0.3, 0.4) is 0 Å². The minimum absolute atomic E-state index is 0.222. The van der Waals surface area contributed by atoms with Crippen molar-refractivity contribution in [3.63, 3.8) is 0 Å². The molecule has 0 bridgehead atoms. The van der Waals surface area contributed by atoms with Gasteiger partial charge in [-0.05, 0) is 106 Å². The molecule has 1 aromatic carbocycles. The first-order valence-corrected chi connectivity index (χ1v) is 16.3. The third-order valence-corrected chi connectivity index (χ3v) is 9.61. The van der Waals surface area contributed by atoms with Crippen LogP contribution in [0, 0.1) is 11.7 Å². The molecule has 6 heterocycles. The van der Waals surface area contributed by atoms with Crippen molar-refractivity contribution < 1.29 is 4.39 Å². The summed E-state index contributed by atoms with van der Waals surface area (Å²) in [5.41, 5.74) is 9.79. The molecule has 0 radical (unpaired) electrons. The molecule has 232 valence electrons. The van der Waals surface area contributed by atoms with Gasteiger partial charge in [0.2, 0.25) is 0 Å². The zero-order valence-corrected chi connectivity index (χ0v) is 25.8. The minimum Gasteiger partial charge on any atom is -0.358 e. The van der Waals surface area contributed by atoms with E-state index in [1.54, 1.807) is 12.1 Å². The molecule has 9 heteroatoms. The van der Waals surface area contributed by atoms with Gasteiger partial charge in [-0.1, -0.05) is 19.1 Å². The zero-order chi connectivity index (χ0) is 31.0. The number of nitrogens with zero attached hydrogens (tertiary/aromatic N) is 5. The highest BCUT2D eigenvalue weighted by Gasteiger charge is 2.21. The van der Waals surface area contributed by atoms with E-state index < -0.39 is 0 Å². The molecule has 1 saturated heterocycles. The van der Waals surface area contributed by atoms with E-state index in [9.17, 15) is 4.39 Å². The summed E-state index contributed by atoms with van der Waals surface area (Å²) in [6.45, 7) is 7.66. The number of fused-ring (bicyclic) bond motifs is 2. The van der Waals surface area contributed by atoms with Crippen LogP contribution in [-0.4, -0.2) is 54.7 Å². The Balaban J connectivity index is 1.09. The van der Waals surface area contributed by atoms with Crippen LogP contribution in [0.5, 0.6) is 0 Å². The topological polar surface area (TPSA) is 98.4 Å². The van der Waals surface area contributed by atoms with Gasteiger partial charge in [0.05, 0.1) is 35.0 Å². The zero-order valence-electron chi connectivity index (χ0n) is 25.8. The number of benzene rings is 1. The lowest BCUT2D eigenvalue weighted by Crippen LogP contribution is -2.20. The monoisotopic (exact) mass is 612 g/mol. The quantitative estimate of drug-likeness (QED) is 0.145. The number of rotatable bonds is 10. The molecule has 0 atom stereocenters. The summed E-state index contributed by atoms with van der Waals surface area (Å²) in [7, 11) is 0. The summed E-state index contributed by atoms with van der Waals surface area (Å²) in [5.74, 6) is 0.315. The largest absolute Gasteiger partial charge is 0.358 e. The Kier molecular flexibility index (Phi) is 7.54. The van der Waals surface area contributed by atoms with Crippen LogP contribution in [0.1, 0.15) is 44.1 Å². The van der Waals surface area contributed by atoms with Crippen molar-refractivity contribution >= 4 is 27.6 Å². The lowest BCUT2D eigenvalue weighted by Gasteiger charge is -2.28. The molecular weight excluding hydrogens is 575 g/mol. The molecule has 46 heavy (non-hydrogen) atoms. The Morgan fingerprint density at radius 1 is 0.891 bits per heavy atom. The molecule has 1 aliphatic carbocycles. The summed E-state index contributed by atoms with van der Waals surface area (Å²) >= 11 is 0. The second-order valence-electron chi connectivity index (χ2n) is 12.8. The Morgan fingerprint density at radius 2 is 1.74 bits per heavy atom. The average Bonchev–Trinajstić information content (AvgIpc) is 3.79. The summed E-state index contributed by atoms with van der Waals surface area (Å²) < 4.78 is 14.9. The summed E-state index contributed by atoms with van der Waals surface area (Å²) in [6, 6.07) is 11.6. The number of pyridine rings is 3. The highest BCUT2D eigenvalue weighted by Crippen LogP contribution is 2.36. The second kappa shape index (κ2) is 12.1. The number of H-pyrrole nitrogens is 2. The molecule has 8 rings (SSSR count). The van der Waals surface area contributed by atoms with Crippen LogP contribution in [0.25, 0.3) is 55.6 Å². The summed E-state index contributed by atoms with van der Waals surface area (Å²) in [5, 5.41) is 13.0. The Hall–Kier alpha value is -4.89. The van der Waals surface area contributed by atoms with Crippen molar-refractivity contribution in [3.05, 3.63) is 91.0 Å². The number of aryl methyl sites for hydroxylation is 1. The molecule has 2 fully saturated rings. The van der Waals surface area contributed by atoms with Crippen molar-refractivity contribution in [3.8, 4) is 33.6 Å². The smallest absolute Gasteiger partial charge is 0.181 e. The van der Waals surface area contributed by atoms with Crippen LogP contribution in [-0.2, 0) is 6.42 Å². The van der Waals surface area contributed by atoms with Crippen molar-refractivity contribution in [2.24, 2.45) is 5.92 Å². The number of hydrogen-bond acceptors (Lipinski definition) is 6. The predicted octanol–water partition coefficient (Wildman–Crippen LogP) is 8.12. The SMILES string of the molecule is C=C(Nc1cncc(-c2cnc3n[nH]c(-c4cc5c(-c6cc(F)cc(CCCN7CCCC7)c6)cncc5[nH]4)c3c2)c1)C1CCC1. The Bertz CT molecular complexity index is 2050. The predicted molar refractivity (Wildman–Crippen MR) is 182 cm³/mol. The van der Waals surface area contributed by atoms with E-state index in [2.05, 4.69) is 71.2 Å². The van der Waals surface area contributed by atoms with Gasteiger partial charge in [-0.25, -0.2) is 9.37 Å². The molecule has 1 aliphatic heterocycles. The molecule has 3 N–H and O–H groups in total. The Morgan fingerprint density at radius 3 is 2.59 bits per heavy atom. The number of allylic oxidation sites excluding steroid dienone is 1. The van der Waals surface area contributed by atoms with E-state index in [1.165, 1.54) is 45.2 Å². The molecule has 1 saturated carbocycles. The maximum atomic E-state index is 14.9. The standard InChI is InChI=1S/C37H37FN8/c1-23(25-7-4-8-25)42-30-15-27(18-39-20-30)28-16-32-36(44-45-37(32)41-19-28)34-17-31-33(21-40-22-35(31)43-34)26-12-24(13-29(38)14-26)6-5-11-46-9-2-3-10-46/h12-22,25,42-43H,1-11H2,(H,41,44,45). The third kappa shape index (κ3) is 5.67. The number of nitrogens with one attached hydrogen (secondary N) is 3. The van der Waals surface area contributed by atoms with Gasteiger partial charge >= 0.3 is 0 Å². The first-order valence-electron chi connectivity index (χ1n) is 16.3. The van der Waals surface area contributed by atoms with E-state index in [0.717, 1.165) is 86.3 Å². The van der Waals surface area contributed by atoms with Gasteiger partial charge in [-0.2, -0.15) is 5.10 Å². The van der Waals surface area contributed by atoms with Gasteiger partial charge in [0.1, 0.15) is 5.82 Å². The highest BCUT2D eigenvalue weighted by atomic mass is 19.1. The van der Waals surface area contributed by atoms with Crippen LogP contribution in [0.2, 0.25) is 0 Å². The van der Waals surface area contributed by atoms with Crippen LogP contribution >= 0.6 is 0 Å². The molecule has 2 aliphatic rings. The van der Waals surface area contributed by atoms with Gasteiger partial charge in [-0.15, -0.1) is 0 Å².